The molecule has 0 saturated heterocycles. The Bertz CT molecular complexity index is 975. The van der Waals surface area contributed by atoms with E-state index in [-0.39, 0.29) is 18.4 Å². The topological polar surface area (TPSA) is 75.9 Å². The molecule has 122 valence electrons. The van der Waals surface area contributed by atoms with Crippen molar-refractivity contribution in [3.63, 3.8) is 0 Å². The summed E-state index contributed by atoms with van der Waals surface area (Å²) >= 11 is 1.49. The van der Waals surface area contributed by atoms with E-state index in [1.807, 2.05) is 16.7 Å². The van der Waals surface area contributed by atoms with Crippen LogP contribution in [0.2, 0.25) is 0 Å². The summed E-state index contributed by atoms with van der Waals surface area (Å²) in [7, 11) is 1.68. The molecule has 0 saturated carbocycles. The molecule has 0 fully saturated rings. The number of aryl methyl sites for hydroxylation is 1. The van der Waals surface area contributed by atoms with Gasteiger partial charge in [-0.15, -0.1) is 11.3 Å². The molecule has 0 atom stereocenters. The minimum Gasteiger partial charge on any atom is -0.482 e. The lowest BCUT2D eigenvalue weighted by molar-refractivity contribution is -0.120. The Morgan fingerprint density at radius 2 is 2.25 bits per heavy atom. The van der Waals surface area contributed by atoms with Crippen molar-refractivity contribution >= 4 is 39.5 Å². The van der Waals surface area contributed by atoms with Crippen LogP contribution in [0.3, 0.4) is 0 Å². The number of carbonyl (C=O) groups is 2. The first-order chi connectivity index (χ1) is 11.5. The lowest BCUT2D eigenvalue weighted by Crippen LogP contribution is -2.35. The third-order valence-electron chi connectivity index (χ3n) is 3.92. The van der Waals surface area contributed by atoms with Crippen LogP contribution in [-0.4, -0.2) is 34.9 Å². The van der Waals surface area contributed by atoms with E-state index in [1.165, 1.54) is 16.2 Å². The number of amides is 2. The Balaban J connectivity index is 1.60. The van der Waals surface area contributed by atoms with E-state index >= 15 is 0 Å². The molecule has 1 N–H and O–H groups in total. The van der Waals surface area contributed by atoms with Gasteiger partial charge in [0.05, 0.1) is 5.69 Å². The van der Waals surface area contributed by atoms with Crippen LogP contribution < -0.4 is 15.0 Å². The maximum absolute atomic E-state index is 12.4. The summed E-state index contributed by atoms with van der Waals surface area (Å²) in [5.74, 6) is 0.194. The maximum atomic E-state index is 12.4. The molecule has 2 amide bonds. The molecule has 8 heteroatoms. The van der Waals surface area contributed by atoms with Crippen LogP contribution in [0, 0.1) is 6.92 Å². The van der Waals surface area contributed by atoms with Crippen molar-refractivity contribution in [1.82, 2.24) is 9.38 Å². The van der Waals surface area contributed by atoms with Crippen molar-refractivity contribution < 1.29 is 14.3 Å². The predicted molar refractivity (Wildman–Crippen MR) is 91.1 cm³/mol. The van der Waals surface area contributed by atoms with Crippen molar-refractivity contribution in [1.29, 1.82) is 0 Å². The SMILES string of the molecule is Cc1csc2nc(C(=O)Nc3ccc4c(c3)N(C)C(=O)CO4)cn12. The monoisotopic (exact) mass is 342 g/mol. The first kappa shape index (κ1) is 14.7. The summed E-state index contributed by atoms with van der Waals surface area (Å²) in [6.07, 6.45) is 1.72. The fourth-order valence-corrected chi connectivity index (χ4v) is 3.40. The molecule has 4 rings (SSSR count). The molecule has 1 aliphatic rings. The molecule has 1 aromatic carbocycles. The molecule has 2 aromatic heterocycles. The molecule has 7 nitrogen and oxygen atoms in total. The van der Waals surface area contributed by atoms with Crippen LogP contribution >= 0.6 is 11.3 Å². The van der Waals surface area contributed by atoms with Crippen molar-refractivity contribution in [3.05, 3.63) is 41.2 Å². The number of imidazole rings is 1. The second-order valence-electron chi connectivity index (χ2n) is 5.53. The van der Waals surface area contributed by atoms with Crippen molar-refractivity contribution in [2.45, 2.75) is 6.92 Å². The number of ether oxygens (including phenoxy) is 1. The van der Waals surface area contributed by atoms with Crippen LogP contribution in [0.15, 0.2) is 29.8 Å². The molecule has 3 aromatic rings. The Kier molecular flexibility index (Phi) is 3.27. The van der Waals surface area contributed by atoms with Gasteiger partial charge in [0.25, 0.3) is 11.8 Å². The smallest absolute Gasteiger partial charge is 0.275 e. The number of hydrogen-bond donors (Lipinski definition) is 1. The second-order valence-corrected chi connectivity index (χ2v) is 6.37. The third-order valence-corrected chi connectivity index (χ3v) is 4.88. The number of benzene rings is 1. The van der Waals surface area contributed by atoms with Crippen molar-refractivity contribution in [3.8, 4) is 5.75 Å². The van der Waals surface area contributed by atoms with Gasteiger partial charge in [-0.2, -0.15) is 0 Å². The number of likely N-dealkylation sites (N-methyl/N-ethyl adjacent to an activating group) is 1. The molecule has 0 bridgehead atoms. The van der Waals surface area contributed by atoms with E-state index in [2.05, 4.69) is 10.3 Å². The van der Waals surface area contributed by atoms with Gasteiger partial charge in [-0.1, -0.05) is 0 Å². The minimum absolute atomic E-state index is 0.0277. The van der Waals surface area contributed by atoms with E-state index in [1.54, 1.807) is 31.4 Å². The number of nitrogens with one attached hydrogen (secondary N) is 1. The van der Waals surface area contributed by atoms with Gasteiger partial charge in [0.15, 0.2) is 11.6 Å². The van der Waals surface area contributed by atoms with Gasteiger partial charge in [0.1, 0.15) is 11.4 Å². The highest BCUT2D eigenvalue weighted by molar-refractivity contribution is 7.15. The molecule has 24 heavy (non-hydrogen) atoms. The van der Waals surface area contributed by atoms with Gasteiger partial charge in [-0.3, -0.25) is 14.0 Å². The number of rotatable bonds is 2. The predicted octanol–water partition coefficient (Wildman–Crippen LogP) is 2.31. The zero-order valence-electron chi connectivity index (χ0n) is 13.1. The minimum atomic E-state index is -0.295. The van der Waals surface area contributed by atoms with Crippen LogP contribution in [0.1, 0.15) is 16.2 Å². The largest absolute Gasteiger partial charge is 0.482 e. The third kappa shape index (κ3) is 2.31. The fourth-order valence-electron chi connectivity index (χ4n) is 2.55. The van der Waals surface area contributed by atoms with Crippen molar-refractivity contribution in [2.75, 3.05) is 23.9 Å². The van der Waals surface area contributed by atoms with Gasteiger partial charge < -0.3 is 15.0 Å². The maximum Gasteiger partial charge on any atom is 0.275 e. The Morgan fingerprint density at radius 1 is 1.42 bits per heavy atom. The Morgan fingerprint density at radius 3 is 3.04 bits per heavy atom. The number of hydrogen-bond acceptors (Lipinski definition) is 5. The van der Waals surface area contributed by atoms with Crippen LogP contribution in [0.5, 0.6) is 5.75 Å². The summed E-state index contributed by atoms with van der Waals surface area (Å²) in [5.41, 5.74) is 2.60. The van der Waals surface area contributed by atoms with Crippen LogP contribution in [-0.2, 0) is 4.79 Å². The average Bonchev–Trinajstić information content (AvgIpc) is 3.14. The molecule has 0 unspecified atom stereocenters. The van der Waals surface area contributed by atoms with E-state index in [9.17, 15) is 9.59 Å². The van der Waals surface area contributed by atoms with Crippen LogP contribution in [0.25, 0.3) is 4.96 Å². The number of fused-ring (bicyclic) bond motifs is 2. The van der Waals surface area contributed by atoms with Gasteiger partial charge >= 0.3 is 0 Å². The zero-order chi connectivity index (χ0) is 16.8. The van der Waals surface area contributed by atoms with E-state index in [0.29, 0.717) is 22.8 Å². The molecule has 0 radical (unpaired) electrons. The lowest BCUT2D eigenvalue weighted by Gasteiger charge is -2.26. The number of thiazole rings is 1. The highest BCUT2D eigenvalue weighted by Crippen LogP contribution is 2.33. The summed E-state index contributed by atoms with van der Waals surface area (Å²) in [5, 5.41) is 4.80. The Labute approximate surface area is 141 Å². The number of carbonyl (C=O) groups excluding carboxylic acids is 2. The van der Waals surface area contributed by atoms with E-state index in [4.69, 9.17) is 4.74 Å². The molecule has 0 aliphatic carbocycles. The molecular formula is C16H14N4O3S. The molecular weight excluding hydrogens is 328 g/mol. The second kappa shape index (κ2) is 5.34. The number of nitrogens with zero attached hydrogens (tertiary/aromatic N) is 3. The fraction of sp³-hybridized carbons (Fsp3) is 0.188. The summed E-state index contributed by atoms with van der Waals surface area (Å²) in [6.45, 7) is 1.99. The number of aromatic nitrogens is 2. The zero-order valence-corrected chi connectivity index (χ0v) is 13.9. The normalized spacial score (nSPS) is 13.8. The molecule has 1 aliphatic heterocycles. The summed E-state index contributed by atoms with van der Waals surface area (Å²) in [6, 6.07) is 5.20. The first-order valence-electron chi connectivity index (χ1n) is 7.31. The molecule has 0 spiro atoms. The summed E-state index contributed by atoms with van der Waals surface area (Å²) < 4.78 is 7.26. The van der Waals surface area contributed by atoms with Gasteiger partial charge in [0.2, 0.25) is 0 Å². The highest BCUT2D eigenvalue weighted by atomic mass is 32.1. The standard InChI is InChI=1S/C16H14N4O3S/c1-9-8-24-16-18-11(6-20(9)16)15(22)17-10-3-4-13-12(5-10)19(2)14(21)7-23-13/h3-6,8H,7H2,1-2H3,(H,17,22). The lowest BCUT2D eigenvalue weighted by atomic mass is 10.2. The highest BCUT2D eigenvalue weighted by Gasteiger charge is 2.23. The van der Waals surface area contributed by atoms with Gasteiger partial charge in [-0.25, -0.2) is 4.98 Å². The molecule has 3 heterocycles. The van der Waals surface area contributed by atoms with Crippen LogP contribution in [0.4, 0.5) is 11.4 Å². The van der Waals surface area contributed by atoms with Crippen molar-refractivity contribution in [2.24, 2.45) is 0 Å². The van der Waals surface area contributed by atoms with Gasteiger partial charge in [-0.05, 0) is 25.1 Å². The van der Waals surface area contributed by atoms with Gasteiger partial charge in [0, 0.05) is 30.0 Å². The average molecular weight is 342 g/mol. The Hall–Kier alpha value is -2.87. The number of anilines is 2. The first-order valence-corrected chi connectivity index (χ1v) is 8.19. The quantitative estimate of drug-likeness (QED) is 0.775. The van der Waals surface area contributed by atoms with E-state index < -0.39 is 0 Å². The van der Waals surface area contributed by atoms with E-state index in [0.717, 1.165) is 10.7 Å². The summed E-state index contributed by atoms with van der Waals surface area (Å²) in [4.78, 5) is 30.8.